The first-order valence-electron chi connectivity index (χ1n) is 28.8. The van der Waals surface area contributed by atoms with Crippen molar-refractivity contribution in [1.82, 2.24) is 24.1 Å². The van der Waals surface area contributed by atoms with Gasteiger partial charge in [-0.3, -0.25) is 9.13 Å². The highest BCUT2D eigenvalue weighted by atomic mass is 16.5. The molecule has 0 radical (unpaired) electrons. The number of furan rings is 2. The number of ether oxygens (including phenoxy) is 1. The van der Waals surface area contributed by atoms with Gasteiger partial charge >= 0.3 is 0 Å². The topological polar surface area (TPSA) is 84.0 Å². The third-order valence-corrected chi connectivity index (χ3v) is 16.4. The summed E-state index contributed by atoms with van der Waals surface area (Å²) in [4.78, 5) is 16.2. The molecule has 0 N–H and O–H groups in total. The predicted molar refractivity (Wildman–Crippen MR) is 337 cm³/mol. The molecule has 0 aliphatic rings. The van der Waals surface area contributed by atoms with Crippen molar-refractivity contribution in [1.29, 1.82) is 0 Å². The molecule has 8 nitrogen and oxygen atoms in total. The maximum atomic E-state index is 7.35. The van der Waals surface area contributed by atoms with Gasteiger partial charge in [0.1, 0.15) is 34.3 Å². The number of aromatic nitrogens is 5. The number of rotatable bonds is 12. The molecule has 0 aliphatic carbocycles. The van der Waals surface area contributed by atoms with E-state index in [1.165, 1.54) is 50.2 Å². The molecule has 0 saturated heterocycles. The van der Waals surface area contributed by atoms with Crippen molar-refractivity contribution in [3.8, 4) is 67.9 Å². The van der Waals surface area contributed by atoms with E-state index in [9.17, 15) is 0 Å². The molecule has 0 amide bonds. The normalized spacial score (nSPS) is 12.2. The Morgan fingerprint density at radius 1 is 0.390 bits per heavy atom. The van der Waals surface area contributed by atoms with E-state index in [2.05, 4.69) is 234 Å². The molecule has 0 saturated carbocycles. The van der Waals surface area contributed by atoms with E-state index in [4.69, 9.17) is 28.5 Å². The monoisotopic (exact) mass is 1070 g/mol. The molecule has 0 fully saturated rings. The molecule has 0 spiro atoms. The summed E-state index contributed by atoms with van der Waals surface area (Å²) in [6.45, 7) is 20.3. The number of hydrogen-bond donors (Lipinski definition) is 0. The van der Waals surface area contributed by atoms with Crippen LogP contribution in [0.15, 0.2) is 203 Å². The molecule has 402 valence electrons. The molecule has 9 aromatic carbocycles. The highest BCUT2D eigenvalue weighted by Gasteiger charge is 2.29. The number of pyridine rings is 1. The number of imidazole rings is 2. The van der Waals surface area contributed by atoms with Crippen molar-refractivity contribution in [3.63, 3.8) is 0 Å². The maximum absolute atomic E-state index is 7.35. The first kappa shape index (κ1) is 50.7. The molecule has 5 heterocycles. The lowest BCUT2D eigenvalue weighted by Crippen LogP contribution is -2.09. The van der Waals surface area contributed by atoms with Gasteiger partial charge in [-0.05, 0) is 154 Å². The lowest BCUT2D eigenvalue weighted by Gasteiger charge is -2.24. The number of nitrogens with zero attached hydrogens (tertiary/aromatic N) is 5. The summed E-state index contributed by atoms with van der Waals surface area (Å²) >= 11 is 0. The molecule has 0 aliphatic heterocycles. The Balaban J connectivity index is 1.00. The SMILES string of the molecule is Cc1nc2oc3ccccc3c2c2oc3c(-c4nc5ccccc5n4-c4c(C(C)C)cc(-c5ccccc5)cc4C(C)C)cc(Oc4cccc(-c5nc6ccccc6n5-c5c(C(C)C)cc(-c6ccccc6)cc5C(C)C)c4)cc3c12. The number of para-hydroxylation sites is 5. The van der Waals surface area contributed by atoms with Gasteiger partial charge in [-0.1, -0.05) is 171 Å². The fourth-order valence-corrected chi connectivity index (χ4v) is 12.4. The number of hydrogen-bond acceptors (Lipinski definition) is 6. The van der Waals surface area contributed by atoms with Crippen LogP contribution in [0.25, 0.3) is 122 Å². The van der Waals surface area contributed by atoms with E-state index in [0.29, 0.717) is 28.4 Å². The smallest absolute Gasteiger partial charge is 0.231 e. The van der Waals surface area contributed by atoms with Crippen LogP contribution in [-0.4, -0.2) is 24.1 Å². The quantitative estimate of drug-likeness (QED) is 0.121. The van der Waals surface area contributed by atoms with Crippen LogP contribution in [0.5, 0.6) is 11.5 Å². The third kappa shape index (κ3) is 8.38. The summed E-state index contributed by atoms with van der Waals surface area (Å²) in [5.74, 6) is 3.66. The third-order valence-electron chi connectivity index (χ3n) is 16.4. The van der Waals surface area contributed by atoms with Crippen LogP contribution in [0.2, 0.25) is 0 Å². The Morgan fingerprint density at radius 2 is 0.890 bits per heavy atom. The van der Waals surface area contributed by atoms with Crippen LogP contribution >= 0.6 is 0 Å². The first-order chi connectivity index (χ1) is 39.9. The van der Waals surface area contributed by atoms with Crippen LogP contribution in [0.1, 0.15) is 107 Å². The van der Waals surface area contributed by atoms with Gasteiger partial charge in [0.15, 0.2) is 5.58 Å². The van der Waals surface area contributed by atoms with Gasteiger partial charge in [0, 0.05) is 16.3 Å². The Hall–Kier alpha value is -9.53. The van der Waals surface area contributed by atoms with E-state index in [1.807, 2.05) is 31.2 Å². The zero-order chi connectivity index (χ0) is 56.1. The Kier molecular flexibility index (Phi) is 12.3. The van der Waals surface area contributed by atoms with Crippen molar-refractivity contribution in [2.24, 2.45) is 0 Å². The minimum Gasteiger partial charge on any atom is -0.457 e. The summed E-state index contributed by atoms with van der Waals surface area (Å²) in [7, 11) is 0. The summed E-state index contributed by atoms with van der Waals surface area (Å²) in [6.07, 6.45) is 0. The molecule has 0 unspecified atom stereocenters. The fourth-order valence-electron chi connectivity index (χ4n) is 12.4. The summed E-state index contributed by atoms with van der Waals surface area (Å²) in [5.41, 5.74) is 21.1. The van der Waals surface area contributed by atoms with Gasteiger partial charge in [-0.25, -0.2) is 15.0 Å². The largest absolute Gasteiger partial charge is 0.457 e. The molecule has 5 aromatic heterocycles. The molecule has 14 aromatic rings. The zero-order valence-corrected chi connectivity index (χ0v) is 47.7. The van der Waals surface area contributed by atoms with E-state index in [-0.39, 0.29) is 23.7 Å². The molecule has 82 heavy (non-hydrogen) atoms. The van der Waals surface area contributed by atoms with Gasteiger partial charge in [-0.2, -0.15) is 0 Å². The zero-order valence-electron chi connectivity index (χ0n) is 47.7. The second-order valence-electron chi connectivity index (χ2n) is 23.1. The summed E-state index contributed by atoms with van der Waals surface area (Å²) < 4.78 is 25.8. The molecule has 0 atom stereocenters. The minimum atomic E-state index is 0.172. The second-order valence-corrected chi connectivity index (χ2v) is 23.1. The number of benzene rings is 9. The lowest BCUT2D eigenvalue weighted by molar-refractivity contribution is 0.483. The van der Waals surface area contributed by atoms with Crippen molar-refractivity contribution >= 4 is 66.1 Å². The Morgan fingerprint density at radius 3 is 1.46 bits per heavy atom. The molecule has 0 bridgehead atoms. The van der Waals surface area contributed by atoms with Crippen molar-refractivity contribution in [2.45, 2.75) is 86.0 Å². The summed E-state index contributed by atoms with van der Waals surface area (Å²) in [5, 5.41) is 3.53. The molecular formula is C74H63N5O3. The molecule has 14 rings (SSSR count). The van der Waals surface area contributed by atoms with Crippen LogP contribution in [0.4, 0.5) is 0 Å². The van der Waals surface area contributed by atoms with Crippen molar-refractivity contribution in [3.05, 3.63) is 222 Å². The van der Waals surface area contributed by atoms with E-state index in [0.717, 1.165) is 83.4 Å². The van der Waals surface area contributed by atoms with Crippen LogP contribution < -0.4 is 4.74 Å². The Bertz CT molecular complexity index is 4740. The fraction of sp³-hybridized carbons (Fsp3) is 0.176. The maximum Gasteiger partial charge on any atom is 0.231 e. The van der Waals surface area contributed by atoms with Gasteiger partial charge in [-0.15, -0.1) is 0 Å². The van der Waals surface area contributed by atoms with Crippen molar-refractivity contribution in [2.75, 3.05) is 0 Å². The first-order valence-corrected chi connectivity index (χ1v) is 28.8. The van der Waals surface area contributed by atoms with Crippen molar-refractivity contribution < 1.29 is 13.6 Å². The average molecular weight is 1070 g/mol. The Labute approximate surface area is 477 Å². The lowest BCUT2D eigenvalue weighted by atomic mass is 9.88. The highest BCUT2D eigenvalue weighted by molar-refractivity contribution is 6.23. The predicted octanol–water partition coefficient (Wildman–Crippen LogP) is 20.8. The number of fused-ring (bicyclic) bond motifs is 9. The molecular weight excluding hydrogens is 1010 g/mol. The van der Waals surface area contributed by atoms with Crippen LogP contribution in [0, 0.1) is 6.92 Å². The minimum absolute atomic E-state index is 0.172. The second kappa shape index (κ2) is 19.9. The van der Waals surface area contributed by atoms with Gasteiger partial charge in [0.2, 0.25) is 5.71 Å². The number of aryl methyl sites for hydroxylation is 1. The molecule has 8 heteroatoms. The van der Waals surface area contributed by atoms with Gasteiger partial charge < -0.3 is 13.6 Å². The van der Waals surface area contributed by atoms with E-state index >= 15 is 0 Å². The standard InChI is InChI=1S/C74H63N5O3/c1-42(2)55-36-50(47-23-12-10-13-24-47)37-56(43(3)4)68(55)78-63-32-19-17-30-61(63)76-72(78)49-27-22-28-52(35-49)80-53-40-59-66-46(9)75-74-67(54-29-16-21-34-65(54)81-74)71(66)82-70(59)60(41-53)73-77-62-31-18-20-33-64(62)79(73)69-57(44(5)6)38-51(39-58(69)45(7)8)48-25-14-11-15-26-48/h10-45H,1-9H3. The average Bonchev–Trinajstić information content (AvgIpc) is 3.54. The van der Waals surface area contributed by atoms with E-state index < -0.39 is 0 Å². The van der Waals surface area contributed by atoms with Crippen LogP contribution in [0.3, 0.4) is 0 Å². The van der Waals surface area contributed by atoms with Gasteiger partial charge in [0.25, 0.3) is 0 Å². The van der Waals surface area contributed by atoms with Crippen LogP contribution in [-0.2, 0) is 0 Å². The van der Waals surface area contributed by atoms with E-state index in [1.54, 1.807) is 0 Å². The highest BCUT2D eigenvalue weighted by Crippen LogP contribution is 2.48. The summed E-state index contributed by atoms with van der Waals surface area (Å²) in [6, 6.07) is 68.5. The van der Waals surface area contributed by atoms with Gasteiger partial charge in [0.05, 0.1) is 55.5 Å².